The maximum atomic E-state index is 3.47. The molecule has 1 atom stereocenters. The standard InChI is InChI=1S/C19H23N3S/c1-2-19(21-13-11-20-12-14-21)22-15-7-3-5-9-17(15)23-18-10-6-4-8-16(18)22/h3-10,19-20H,2,11-14H2,1H3. The van der Waals surface area contributed by atoms with Crippen molar-refractivity contribution in [3.8, 4) is 0 Å². The first kappa shape index (κ1) is 15.1. The van der Waals surface area contributed by atoms with Gasteiger partial charge in [-0.05, 0) is 30.7 Å². The van der Waals surface area contributed by atoms with Crippen LogP contribution in [0.4, 0.5) is 11.4 Å². The zero-order chi connectivity index (χ0) is 15.6. The van der Waals surface area contributed by atoms with E-state index in [0.29, 0.717) is 6.17 Å². The number of fused-ring (bicyclic) bond motifs is 2. The van der Waals surface area contributed by atoms with Gasteiger partial charge in [-0.1, -0.05) is 43.0 Å². The summed E-state index contributed by atoms with van der Waals surface area (Å²) in [4.78, 5) is 7.91. The summed E-state index contributed by atoms with van der Waals surface area (Å²) < 4.78 is 0. The summed E-state index contributed by atoms with van der Waals surface area (Å²) in [5.41, 5.74) is 2.70. The Hall–Kier alpha value is -1.49. The molecule has 0 aliphatic carbocycles. The first-order valence-electron chi connectivity index (χ1n) is 8.48. The number of piperazine rings is 1. The summed E-state index contributed by atoms with van der Waals surface area (Å²) in [6.07, 6.45) is 1.54. The molecule has 4 heteroatoms. The van der Waals surface area contributed by atoms with Crippen molar-refractivity contribution in [1.29, 1.82) is 0 Å². The van der Waals surface area contributed by atoms with Gasteiger partial charge in [-0.3, -0.25) is 4.90 Å². The molecule has 1 N–H and O–H groups in total. The van der Waals surface area contributed by atoms with Crippen LogP contribution in [0.1, 0.15) is 13.3 Å². The average Bonchev–Trinajstić information content (AvgIpc) is 2.62. The highest BCUT2D eigenvalue weighted by molar-refractivity contribution is 7.99. The van der Waals surface area contributed by atoms with Crippen molar-refractivity contribution in [2.24, 2.45) is 0 Å². The maximum Gasteiger partial charge on any atom is 0.0869 e. The molecular formula is C19H23N3S. The van der Waals surface area contributed by atoms with Gasteiger partial charge in [-0.2, -0.15) is 0 Å². The minimum atomic E-state index is 0.417. The molecule has 1 saturated heterocycles. The highest BCUT2D eigenvalue weighted by Crippen LogP contribution is 2.49. The molecule has 0 amide bonds. The van der Waals surface area contributed by atoms with Gasteiger partial charge in [-0.25, -0.2) is 0 Å². The van der Waals surface area contributed by atoms with E-state index in [9.17, 15) is 0 Å². The quantitative estimate of drug-likeness (QED) is 0.921. The minimum Gasteiger partial charge on any atom is -0.323 e. The summed E-state index contributed by atoms with van der Waals surface area (Å²) in [7, 11) is 0. The van der Waals surface area contributed by atoms with Crippen LogP contribution >= 0.6 is 11.8 Å². The van der Waals surface area contributed by atoms with Crippen LogP contribution in [-0.4, -0.2) is 37.2 Å². The first-order chi connectivity index (χ1) is 11.4. The monoisotopic (exact) mass is 325 g/mol. The lowest BCUT2D eigenvalue weighted by molar-refractivity contribution is 0.171. The number of hydrogen-bond acceptors (Lipinski definition) is 4. The molecule has 0 bridgehead atoms. The zero-order valence-corrected chi connectivity index (χ0v) is 14.4. The number of hydrogen-bond donors (Lipinski definition) is 1. The largest absolute Gasteiger partial charge is 0.323 e. The van der Waals surface area contributed by atoms with Crippen molar-refractivity contribution in [2.75, 3.05) is 31.1 Å². The van der Waals surface area contributed by atoms with E-state index in [1.807, 2.05) is 11.8 Å². The van der Waals surface area contributed by atoms with Crippen LogP contribution < -0.4 is 10.2 Å². The normalized spacial score (nSPS) is 19.1. The second kappa shape index (κ2) is 6.56. The van der Waals surface area contributed by atoms with Crippen LogP contribution in [-0.2, 0) is 0 Å². The number of nitrogens with one attached hydrogen (secondary N) is 1. The fourth-order valence-electron chi connectivity index (χ4n) is 3.64. The predicted molar refractivity (Wildman–Crippen MR) is 97.7 cm³/mol. The van der Waals surface area contributed by atoms with E-state index in [2.05, 4.69) is 70.6 Å². The summed E-state index contributed by atoms with van der Waals surface area (Å²) in [5, 5.41) is 3.47. The zero-order valence-electron chi connectivity index (χ0n) is 13.5. The molecule has 2 aliphatic heterocycles. The summed E-state index contributed by atoms with van der Waals surface area (Å²) in [6, 6.07) is 17.6. The van der Waals surface area contributed by atoms with Crippen molar-refractivity contribution in [2.45, 2.75) is 29.3 Å². The molecule has 120 valence electrons. The van der Waals surface area contributed by atoms with Gasteiger partial charge >= 0.3 is 0 Å². The van der Waals surface area contributed by atoms with Crippen LogP contribution in [0.2, 0.25) is 0 Å². The summed E-state index contributed by atoms with van der Waals surface area (Å²) in [5.74, 6) is 0. The third kappa shape index (κ3) is 2.75. The molecule has 3 nitrogen and oxygen atoms in total. The fraction of sp³-hybridized carbons (Fsp3) is 0.368. The fourth-order valence-corrected chi connectivity index (χ4v) is 4.71. The topological polar surface area (TPSA) is 18.5 Å². The van der Waals surface area contributed by atoms with Gasteiger partial charge in [0.1, 0.15) is 0 Å². The molecule has 23 heavy (non-hydrogen) atoms. The third-order valence-electron chi connectivity index (χ3n) is 4.71. The van der Waals surface area contributed by atoms with Crippen molar-refractivity contribution in [1.82, 2.24) is 10.2 Å². The number of anilines is 2. The lowest BCUT2D eigenvalue weighted by atomic mass is 10.1. The van der Waals surface area contributed by atoms with Crippen LogP contribution in [0.25, 0.3) is 0 Å². The van der Waals surface area contributed by atoms with E-state index >= 15 is 0 Å². The van der Waals surface area contributed by atoms with Crippen molar-refractivity contribution in [3.05, 3.63) is 48.5 Å². The minimum absolute atomic E-state index is 0.417. The molecule has 1 fully saturated rings. The Labute approximate surface area is 142 Å². The van der Waals surface area contributed by atoms with Gasteiger partial charge in [0.2, 0.25) is 0 Å². The van der Waals surface area contributed by atoms with Crippen LogP contribution in [0.5, 0.6) is 0 Å². The SMILES string of the molecule is CCC(N1CCNCC1)N1c2ccccc2Sc2ccccc21. The number of rotatable bonds is 3. The second-order valence-electron chi connectivity index (χ2n) is 6.08. The van der Waals surface area contributed by atoms with Crippen molar-refractivity contribution < 1.29 is 0 Å². The lowest BCUT2D eigenvalue weighted by Crippen LogP contribution is -2.54. The Kier molecular flexibility index (Phi) is 4.29. The molecule has 0 spiro atoms. The molecule has 4 rings (SSSR count). The average molecular weight is 325 g/mol. The van der Waals surface area contributed by atoms with Gasteiger partial charge < -0.3 is 10.2 Å². The maximum absolute atomic E-state index is 3.47. The highest BCUT2D eigenvalue weighted by atomic mass is 32.2. The van der Waals surface area contributed by atoms with Crippen LogP contribution in [0.15, 0.2) is 58.3 Å². The van der Waals surface area contributed by atoms with Gasteiger partial charge in [0.05, 0.1) is 17.5 Å². The molecule has 2 aromatic carbocycles. The Balaban J connectivity index is 1.79. The van der Waals surface area contributed by atoms with E-state index in [-0.39, 0.29) is 0 Å². The summed E-state index contributed by atoms with van der Waals surface area (Å²) >= 11 is 1.89. The van der Waals surface area contributed by atoms with Gasteiger partial charge in [-0.15, -0.1) is 0 Å². The van der Waals surface area contributed by atoms with E-state index in [4.69, 9.17) is 0 Å². The van der Waals surface area contributed by atoms with Crippen molar-refractivity contribution in [3.63, 3.8) is 0 Å². The molecule has 0 radical (unpaired) electrons. The molecule has 1 unspecified atom stereocenters. The third-order valence-corrected chi connectivity index (χ3v) is 5.84. The van der Waals surface area contributed by atoms with Crippen LogP contribution in [0.3, 0.4) is 0 Å². The Morgan fingerprint density at radius 1 is 0.957 bits per heavy atom. The van der Waals surface area contributed by atoms with Gasteiger partial charge in [0.25, 0.3) is 0 Å². The molecule has 0 saturated carbocycles. The molecule has 2 aromatic rings. The molecule has 2 heterocycles. The molecule has 2 aliphatic rings. The number of para-hydroxylation sites is 2. The molecular weight excluding hydrogens is 302 g/mol. The van der Waals surface area contributed by atoms with E-state index in [1.54, 1.807) is 0 Å². The van der Waals surface area contributed by atoms with Crippen LogP contribution in [0, 0.1) is 0 Å². The molecule has 0 aromatic heterocycles. The van der Waals surface area contributed by atoms with E-state index in [1.165, 1.54) is 21.2 Å². The number of benzene rings is 2. The first-order valence-corrected chi connectivity index (χ1v) is 9.30. The Morgan fingerprint density at radius 2 is 1.52 bits per heavy atom. The number of nitrogens with zero attached hydrogens (tertiary/aromatic N) is 2. The Bertz CT molecular complexity index is 636. The lowest BCUT2D eigenvalue weighted by Gasteiger charge is -2.45. The Morgan fingerprint density at radius 3 is 2.09 bits per heavy atom. The predicted octanol–water partition coefficient (Wildman–Crippen LogP) is 3.93. The smallest absolute Gasteiger partial charge is 0.0869 e. The van der Waals surface area contributed by atoms with E-state index in [0.717, 1.165) is 32.6 Å². The van der Waals surface area contributed by atoms with Gasteiger partial charge in [0.15, 0.2) is 0 Å². The van der Waals surface area contributed by atoms with Crippen molar-refractivity contribution >= 4 is 23.1 Å². The second-order valence-corrected chi connectivity index (χ2v) is 7.17. The van der Waals surface area contributed by atoms with E-state index < -0.39 is 0 Å². The van der Waals surface area contributed by atoms with Gasteiger partial charge in [0, 0.05) is 36.0 Å². The summed E-state index contributed by atoms with van der Waals surface area (Å²) in [6.45, 7) is 6.71. The highest BCUT2D eigenvalue weighted by Gasteiger charge is 2.31.